The standard InChI is InChI=1S/C13H19N3O4S/c1-9(2)7-15-12(17)13(18)16-8-10-3-5-11(6-4-10)21(14,19)20/h3-6,9H,7-8H2,1-2H3,(H,15,17)(H,16,18)(H2,14,19,20). The third kappa shape index (κ3) is 5.92. The zero-order valence-electron chi connectivity index (χ0n) is 11.9. The van der Waals surface area contributed by atoms with Crippen molar-refractivity contribution in [1.82, 2.24) is 10.6 Å². The third-order valence-electron chi connectivity index (χ3n) is 2.58. The average Bonchev–Trinajstić information content (AvgIpc) is 2.41. The van der Waals surface area contributed by atoms with Crippen molar-refractivity contribution in [3.05, 3.63) is 29.8 Å². The van der Waals surface area contributed by atoms with Crippen molar-refractivity contribution in [1.29, 1.82) is 0 Å². The second-order valence-corrected chi connectivity index (χ2v) is 6.54. The number of carbonyl (C=O) groups excluding carboxylic acids is 2. The summed E-state index contributed by atoms with van der Waals surface area (Å²) in [7, 11) is -3.73. The Hall–Kier alpha value is -1.93. The van der Waals surface area contributed by atoms with Crippen LogP contribution in [0, 0.1) is 5.92 Å². The number of benzene rings is 1. The van der Waals surface area contributed by atoms with Gasteiger partial charge in [0.15, 0.2) is 0 Å². The lowest BCUT2D eigenvalue weighted by Crippen LogP contribution is -2.40. The molecular weight excluding hydrogens is 294 g/mol. The van der Waals surface area contributed by atoms with Crippen LogP contribution >= 0.6 is 0 Å². The maximum atomic E-state index is 11.5. The van der Waals surface area contributed by atoms with E-state index < -0.39 is 21.8 Å². The molecular formula is C13H19N3O4S. The Morgan fingerprint density at radius 3 is 2.10 bits per heavy atom. The van der Waals surface area contributed by atoms with Crippen LogP contribution in [0.3, 0.4) is 0 Å². The molecule has 0 bridgehead atoms. The molecule has 0 atom stereocenters. The molecule has 1 rings (SSSR count). The fraction of sp³-hybridized carbons (Fsp3) is 0.385. The number of nitrogens with two attached hydrogens (primary N) is 1. The molecule has 0 fully saturated rings. The van der Waals surface area contributed by atoms with Crippen molar-refractivity contribution in [2.24, 2.45) is 11.1 Å². The predicted molar refractivity (Wildman–Crippen MR) is 77.5 cm³/mol. The molecule has 21 heavy (non-hydrogen) atoms. The number of amides is 2. The van der Waals surface area contributed by atoms with Gasteiger partial charge in [-0.1, -0.05) is 26.0 Å². The molecule has 0 aliphatic heterocycles. The molecule has 1 aromatic rings. The van der Waals surface area contributed by atoms with Crippen LogP contribution in [0.25, 0.3) is 0 Å². The first-order valence-electron chi connectivity index (χ1n) is 6.38. The highest BCUT2D eigenvalue weighted by Crippen LogP contribution is 2.08. The minimum Gasteiger partial charge on any atom is -0.348 e. The molecule has 0 heterocycles. The van der Waals surface area contributed by atoms with E-state index in [1.54, 1.807) is 0 Å². The van der Waals surface area contributed by atoms with E-state index in [1.165, 1.54) is 24.3 Å². The third-order valence-corrected chi connectivity index (χ3v) is 3.51. The molecule has 0 unspecified atom stereocenters. The highest BCUT2D eigenvalue weighted by atomic mass is 32.2. The summed E-state index contributed by atoms with van der Waals surface area (Å²) in [5.41, 5.74) is 0.660. The van der Waals surface area contributed by atoms with Gasteiger partial charge in [-0.05, 0) is 23.6 Å². The van der Waals surface area contributed by atoms with E-state index in [2.05, 4.69) is 10.6 Å². The molecule has 4 N–H and O–H groups in total. The van der Waals surface area contributed by atoms with Crippen molar-refractivity contribution in [2.45, 2.75) is 25.3 Å². The highest BCUT2D eigenvalue weighted by Gasteiger charge is 2.13. The van der Waals surface area contributed by atoms with E-state index in [0.717, 1.165) is 0 Å². The number of nitrogens with one attached hydrogen (secondary N) is 2. The van der Waals surface area contributed by atoms with E-state index in [0.29, 0.717) is 12.1 Å². The molecule has 0 aliphatic rings. The van der Waals surface area contributed by atoms with Crippen LogP contribution in [0.4, 0.5) is 0 Å². The number of primary sulfonamides is 1. The lowest BCUT2D eigenvalue weighted by Gasteiger charge is -2.08. The van der Waals surface area contributed by atoms with Gasteiger partial charge in [-0.2, -0.15) is 0 Å². The lowest BCUT2D eigenvalue weighted by atomic mass is 10.2. The summed E-state index contributed by atoms with van der Waals surface area (Å²) in [5, 5.41) is 9.93. The molecule has 116 valence electrons. The van der Waals surface area contributed by atoms with Crippen molar-refractivity contribution in [3.8, 4) is 0 Å². The normalized spacial score (nSPS) is 11.2. The Labute approximate surface area is 124 Å². The van der Waals surface area contributed by atoms with E-state index >= 15 is 0 Å². The number of hydrogen-bond acceptors (Lipinski definition) is 4. The molecule has 0 saturated heterocycles. The van der Waals surface area contributed by atoms with Gasteiger partial charge >= 0.3 is 11.8 Å². The number of hydrogen-bond donors (Lipinski definition) is 3. The zero-order chi connectivity index (χ0) is 16.0. The van der Waals surface area contributed by atoms with E-state index in [-0.39, 0.29) is 17.4 Å². The minimum atomic E-state index is -3.73. The van der Waals surface area contributed by atoms with E-state index in [1.807, 2.05) is 13.8 Å². The summed E-state index contributed by atoms with van der Waals surface area (Å²) in [5.74, 6) is -1.16. The lowest BCUT2D eigenvalue weighted by molar-refractivity contribution is -0.139. The summed E-state index contributed by atoms with van der Waals surface area (Å²) in [6.07, 6.45) is 0. The molecule has 0 saturated carbocycles. The smallest absolute Gasteiger partial charge is 0.309 e. The summed E-state index contributed by atoms with van der Waals surface area (Å²) in [4.78, 5) is 22.9. The second kappa shape index (κ2) is 7.19. The van der Waals surface area contributed by atoms with Crippen LogP contribution in [0.2, 0.25) is 0 Å². The SMILES string of the molecule is CC(C)CNC(=O)C(=O)NCc1ccc(S(N)(=O)=O)cc1. The van der Waals surface area contributed by atoms with Gasteiger partial charge in [-0.15, -0.1) is 0 Å². The number of carbonyl (C=O) groups is 2. The largest absolute Gasteiger partial charge is 0.348 e. The Bertz CT molecular complexity index is 609. The van der Waals surface area contributed by atoms with Gasteiger partial charge < -0.3 is 10.6 Å². The van der Waals surface area contributed by atoms with Gasteiger partial charge in [0.05, 0.1) is 4.90 Å². The van der Waals surface area contributed by atoms with Crippen molar-refractivity contribution < 1.29 is 18.0 Å². The summed E-state index contributed by atoms with van der Waals surface area (Å²) < 4.78 is 22.2. The topological polar surface area (TPSA) is 118 Å². The molecule has 0 radical (unpaired) electrons. The second-order valence-electron chi connectivity index (χ2n) is 4.98. The Morgan fingerprint density at radius 1 is 1.10 bits per heavy atom. The molecule has 8 heteroatoms. The van der Waals surface area contributed by atoms with Crippen LogP contribution in [0.5, 0.6) is 0 Å². The molecule has 1 aromatic carbocycles. The van der Waals surface area contributed by atoms with Crippen LogP contribution in [0.1, 0.15) is 19.4 Å². The fourth-order valence-corrected chi connectivity index (χ4v) is 1.95. The van der Waals surface area contributed by atoms with Crippen LogP contribution < -0.4 is 15.8 Å². The minimum absolute atomic E-state index is 0.00717. The fourth-order valence-electron chi connectivity index (χ4n) is 1.44. The van der Waals surface area contributed by atoms with Gasteiger partial charge in [0, 0.05) is 13.1 Å². The quantitative estimate of drug-likeness (QED) is 0.648. The van der Waals surface area contributed by atoms with Crippen molar-refractivity contribution in [3.63, 3.8) is 0 Å². The van der Waals surface area contributed by atoms with Crippen molar-refractivity contribution >= 4 is 21.8 Å². The van der Waals surface area contributed by atoms with E-state index in [9.17, 15) is 18.0 Å². The summed E-state index contributed by atoms with van der Waals surface area (Å²) in [6, 6.07) is 5.73. The van der Waals surface area contributed by atoms with Gasteiger partial charge in [0.2, 0.25) is 10.0 Å². The van der Waals surface area contributed by atoms with Gasteiger partial charge in [-0.25, -0.2) is 13.6 Å². The molecule has 0 aromatic heterocycles. The Balaban J connectivity index is 2.52. The monoisotopic (exact) mass is 313 g/mol. The first kappa shape index (κ1) is 17.1. The molecule has 2 amide bonds. The first-order valence-corrected chi connectivity index (χ1v) is 7.92. The first-order chi connectivity index (χ1) is 9.70. The average molecular weight is 313 g/mol. The molecule has 0 aliphatic carbocycles. The van der Waals surface area contributed by atoms with Gasteiger partial charge in [0.1, 0.15) is 0 Å². The summed E-state index contributed by atoms with van der Waals surface area (Å²) >= 11 is 0. The predicted octanol–water partition coefficient (Wildman–Crippen LogP) is -0.278. The van der Waals surface area contributed by atoms with Gasteiger partial charge in [0.25, 0.3) is 0 Å². The van der Waals surface area contributed by atoms with Crippen LogP contribution in [0.15, 0.2) is 29.2 Å². The van der Waals surface area contributed by atoms with Crippen LogP contribution in [-0.4, -0.2) is 26.8 Å². The van der Waals surface area contributed by atoms with E-state index in [4.69, 9.17) is 5.14 Å². The Morgan fingerprint density at radius 2 is 1.62 bits per heavy atom. The maximum Gasteiger partial charge on any atom is 0.309 e. The van der Waals surface area contributed by atoms with Gasteiger partial charge in [-0.3, -0.25) is 9.59 Å². The number of rotatable bonds is 5. The highest BCUT2D eigenvalue weighted by molar-refractivity contribution is 7.89. The maximum absolute atomic E-state index is 11.5. The molecule has 7 nitrogen and oxygen atoms in total. The Kier molecular flexibility index (Phi) is 5.86. The zero-order valence-corrected chi connectivity index (χ0v) is 12.7. The number of sulfonamides is 1. The molecule has 0 spiro atoms. The van der Waals surface area contributed by atoms with Crippen molar-refractivity contribution in [2.75, 3.05) is 6.54 Å². The van der Waals surface area contributed by atoms with Crippen LogP contribution in [-0.2, 0) is 26.2 Å². The summed E-state index contributed by atoms with van der Waals surface area (Å²) in [6.45, 7) is 4.39.